The van der Waals surface area contributed by atoms with E-state index in [1.165, 1.54) is 0 Å². The molecule has 3 N–H and O–H groups in total. The summed E-state index contributed by atoms with van der Waals surface area (Å²) >= 11 is 0. The van der Waals surface area contributed by atoms with Gasteiger partial charge in [-0.3, -0.25) is 14.5 Å². The van der Waals surface area contributed by atoms with Gasteiger partial charge >= 0.3 is 5.97 Å². The Hall–Kier alpha value is -1.43. The number of aliphatic carboxylic acids is 1. The summed E-state index contributed by atoms with van der Waals surface area (Å²) in [5.41, 5.74) is 5.39. The topological polar surface area (TPSA) is 101 Å². The number of nitrogens with two attached hydrogens (primary N) is 1. The van der Waals surface area contributed by atoms with Gasteiger partial charge in [0.25, 0.3) is 0 Å². The van der Waals surface area contributed by atoms with E-state index in [0.29, 0.717) is 13.0 Å². The third-order valence-corrected chi connectivity index (χ3v) is 3.61. The summed E-state index contributed by atoms with van der Waals surface area (Å²) < 4.78 is 0. The minimum Gasteiger partial charge on any atom is -0.480 e. The fourth-order valence-corrected chi connectivity index (χ4v) is 2.14. The summed E-state index contributed by atoms with van der Waals surface area (Å²) in [5.74, 6) is -2.02. The van der Waals surface area contributed by atoms with Gasteiger partial charge in [0.2, 0.25) is 11.8 Å². The third-order valence-electron chi connectivity index (χ3n) is 3.61. The number of amides is 2. The second kappa shape index (κ2) is 5.69. The fraction of sp³-hybridized carbons (Fsp3) is 0.769. The highest BCUT2D eigenvalue weighted by atomic mass is 16.4. The van der Waals surface area contributed by atoms with E-state index in [9.17, 15) is 19.5 Å². The van der Waals surface area contributed by atoms with Gasteiger partial charge in [-0.25, -0.2) is 4.79 Å². The van der Waals surface area contributed by atoms with Crippen LogP contribution < -0.4 is 5.73 Å². The maximum atomic E-state index is 12.2. The molecule has 2 aliphatic rings. The van der Waals surface area contributed by atoms with Gasteiger partial charge in [-0.2, -0.15) is 0 Å². The third kappa shape index (κ3) is 3.32. The Morgan fingerprint density at radius 1 is 1.11 bits per heavy atom. The van der Waals surface area contributed by atoms with Gasteiger partial charge in [-0.15, -0.1) is 0 Å². The van der Waals surface area contributed by atoms with Crippen molar-refractivity contribution in [2.45, 2.75) is 44.6 Å². The Morgan fingerprint density at radius 2 is 1.58 bits per heavy atom. The summed E-state index contributed by atoms with van der Waals surface area (Å²) in [6, 6.07) is -1.05. The number of imide groups is 1. The van der Waals surface area contributed by atoms with Gasteiger partial charge in [0.05, 0.1) is 0 Å². The number of hydrogen-bond acceptors (Lipinski definition) is 4. The highest BCUT2D eigenvalue weighted by molar-refractivity contribution is 6.02. The highest BCUT2D eigenvalue weighted by Crippen LogP contribution is 2.36. The zero-order valence-electron chi connectivity index (χ0n) is 10.9. The molecular weight excluding hydrogens is 248 g/mol. The van der Waals surface area contributed by atoms with Crippen molar-refractivity contribution < 1.29 is 19.5 Å². The van der Waals surface area contributed by atoms with E-state index in [0.717, 1.165) is 30.6 Å². The summed E-state index contributed by atoms with van der Waals surface area (Å²) in [6.07, 6.45) is 3.77. The number of carboxylic acids is 1. The smallest absolute Gasteiger partial charge is 0.326 e. The van der Waals surface area contributed by atoms with E-state index < -0.39 is 12.0 Å². The Bertz CT molecular complexity index is 364. The van der Waals surface area contributed by atoms with Crippen molar-refractivity contribution >= 4 is 17.8 Å². The van der Waals surface area contributed by atoms with Crippen molar-refractivity contribution in [1.29, 1.82) is 0 Å². The number of rotatable bonds is 7. The molecule has 0 aromatic rings. The second-order valence-corrected chi connectivity index (χ2v) is 5.38. The minimum absolute atomic E-state index is 0.151. The summed E-state index contributed by atoms with van der Waals surface area (Å²) in [4.78, 5) is 36.8. The SMILES string of the molecule is NCCC[C@@H](C(=O)O)N(C(=O)C1CC1)C(=O)C1CC1. The molecule has 0 saturated heterocycles. The number of carboxylic acid groups (broad SMARTS) is 1. The van der Waals surface area contributed by atoms with Crippen LogP contribution in [-0.4, -0.2) is 40.4 Å². The molecule has 2 aliphatic carbocycles. The molecular formula is C13H20N2O4. The molecule has 2 rings (SSSR count). The quantitative estimate of drug-likeness (QED) is 0.649. The molecule has 6 heteroatoms. The molecule has 6 nitrogen and oxygen atoms in total. The lowest BCUT2D eigenvalue weighted by molar-refractivity contribution is -0.159. The first kappa shape index (κ1) is 14.0. The zero-order chi connectivity index (χ0) is 14.0. The lowest BCUT2D eigenvalue weighted by Gasteiger charge is -2.27. The molecule has 19 heavy (non-hydrogen) atoms. The molecule has 0 spiro atoms. The number of hydrogen-bond donors (Lipinski definition) is 2. The summed E-state index contributed by atoms with van der Waals surface area (Å²) in [7, 11) is 0. The first-order valence-electron chi connectivity index (χ1n) is 6.86. The summed E-state index contributed by atoms with van der Waals surface area (Å²) in [5, 5.41) is 9.29. The number of carbonyl (C=O) groups is 3. The van der Waals surface area contributed by atoms with E-state index >= 15 is 0 Å². The highest BCUT2D eigenvalue weighted by Gasteiger charge is 2.45. The predicted molar refractivity (Wildman–Crippen MR) is 67.0 cm³/mol. The van der Waals surface area contributed by atoms with Crippen molar-refractivity contribution in [3.05, 3.63) is 0 Å². The molecule has 106 valence electrons. The van der Waals surface area contributed by atoms with E-state index in [2.05, 4.69) is 0 Å². The van der Waals surface area contributed by atoms with Crippen molar-refractivity contribution in [3.63, 3.8) is 0 Å². The first-order valence-corrected chi connectivity index (χ1v) is 6.86. The molecule has 1 atom stereocenters. The molecule has 0 unspecified atom stereocenters. The Labute approximate surface area is 111 Å². The van der Waals surface area contributed by atoms with Crippen molar-refractivity contribution in [3.8, 4) is 0 Å². The van der Waals surface area contributed by atoms with Crippen LogP contribution in [0, 0.1) is 11.8 Å². The Morgan fingerprint density at radius 3 is 1.89 bits per heavy atom. The molecule has 0 aromatic carbocycles. The fourth-order valence-electron chi connectivity index (χ4n) is 2.14. The van der Waals surface area contributed by atoms with Gasteiger partial charge in [0, 0.05) is 11.8 Å². The maximum Gasteiger partial charge on any atom is 0.326 e. The van der Waals surface area contributed by atoms with Gasteiger partial charge in [0.15, 0.2) is 0 Å². The molecule has 2 fully saturated rings. The van der Waals surface area contributed by atoms with Gasteiger partial charge < -0.3 is 10.8 Å². The Kier molecular flexibility index (Phi) is 4.19. The molecule has 0 aromatic heterocycles. The van der Waals surface area contributed by atoms with Crippen molar-refractivity contribution in [1.82, 2.24) is 4.90 Å². The maximum absolute atomic E-state index is 12.2. The standard InChI is InChI=1S/C13H20N2O4/c14-7-1-2-10(13(18)19)15(11(16)8-3-4-8)12(17)9-5-6-9/h8-10H,1-7,14H2,(H,18,19)/t10-/m0/s1. The molecule has 0 radical (unpaired) electrons. The number of nitrogens with zero attached hydrogens (tertiary/aromatic N) is 1. The van der Waals surface area contributed by atoms with Crippen LogP contribution in [0.2, 0.25) is 0 Å². The predicted octanol–water partition coefficient (Wildman–Crippen LogP) is 0.354. The summed E-state index contributed by atoms with van der Waals surface area (Å²) in [6.45, 7) is 0.354. The monoisotopic (exact) mass is 268 g/mol. The normalized spacial score (nSPS) is 19.8. The van der Waals surface area contributed by atoms with Gasteiger partial charge in [0.1, 0.15) is 6.04 Å². The molecule has 2 amide bonds. The lowest BCUT2D eigenvalue weighted by Crippen LogP contribution is -2.50. The van der Waals surface area contributed by atoms with Gasteiger partial charge in [-0.05, 0) is 45.1 Å². The van der Waals surface area contributed by atoms with E-state index in [1.807, 2.05) is 0 Å². The molecule has 0 aliphatic heterocycles. The Balaban J connectivity index is 2.14. The lowest BCUT2D eigenvalue weighted by atomic mass is 10.1. The average Bonchev–Trinajstić information content (AvgIpc) is 3.24. The van der Waals surface area contributed by atoms with Crippen LogP contribution >= 0.6 is 0 Å². The molecule has 0 bridgehead atoms. The van der Waals surface area contributed by atoms with Crippen LogP contribution in [0.3, 0.4) is 0 Å². The van der Waals surface area contributed by atoms with E-state index in [1.54, 1.807) is 0 Å². The van der Waals surface area contributed by atoms with Crippen LogP contribution in [-0.2, 0) is 14.4 Å². The van der Waals surface area contributed by atoms with Crippen molar-refractivity contribution in [2.75, 3.05) is 6.54 Å². The largest absolute Gasteiger partial charge is 0.480 e. The van der Waals surface area contributed by atoms with Crippen LogP contribution in [0.5, 0.6) is 0 Å². The number of carbonyl (C=O) groups excluding carboxylic acids is 2. The minimum atomic E-state index is -1.11. The molecule has 2 saturated carbocycles. The molecule has 0 heterocycles. The van der Waals surface area contributed by atoms with Crippen LogP contribution in [0.4, 0.5) is 0 Å². The first-order chi connectivity index (χ1) is 9.06. The average molecular weight is 268 g/mol. The van der Waals surface area contributed by atoms with Crippen LogP contribution in [0.25, 0.3) is 0 Å². The van der Waals surface area contributed by atoms with Crippen LogP contribution in [0.1, 0.15) is 38.5 Å². The second-order valence-electron chi connectivity index (χ2n) is 5.38. The van der Waals surface area contributed by atoms with Gasteiger partial charge in [-0.1, -0.05) is 0 Å². The zero-order valence-corrected chi connectivity index (χ0v) is 10.9. The van der Waals surface area contributed by atoms with Crippen LogP contribution in [0.15, 0.2) is 0 Å². The van der Waals surface area contributed by atoms with E-state index in [-0.39, 0.29) is 30.1 Å². The van der Waals surface area contributed by atoms with Crippen molar-refractivity contribution in [2.24, 2.45) is 17.6 Å². The van der Waals surface area contributed by atoms with E-state index in [4.69, 9.17) is 5.73 Å².